The molecule has 0 aliphatic rings. The minimum Gasteiger partial charge on any atom is -0.452 e. The third kappa shape index (κ3) is 4.53. The maximum Gasteiger partial charge on any atom is 0.338 e. The summed E-state index contributed by atoms with van der Waals surface area (Å²) in [7, 11) is 0. The van der Waals surface area contributed by atoms with Crippen molar-refractivity contribution in [2.24, 2.45) is 0 Å². The van der Waals surface area contributed by atoms with E-state index in [1.807, 2.05) is 0 Å². The van der Waals surface area contributed by atoms with Crippen molar-refractivity contribution in [1.82, 2.24) is 0 Å². The highest BCUT2D eigenvalue weighted by Gasteiger charge is 2.12. The largest absolute Gasteiger partial charge is 0.452 e. The van der Waals surface area contributed by atoms with Crippen molar-refractivity contribution in [2.75, 3.05) is 11.9 Å². The summed E-state index contributed by atoms with van der Waals surface area (Å²) in [4.78, 5) is 23.6. The van der Waals surface area contributed by atoms with Gasteiger partial charge >= 0.3 is 5.97 Å². The molecule has 0 aromatic heterocycles. The molecule has 2 aromatic carbocycles. The molecule has 0 heterocycles. The number of anilines is 1. The van der Waals surface area contributed by atoms with Gasteiger partial charge in [0.25, 0.3) is 5.91 Å². The number of ether oxygens (including phenoxy) is 1. The van der Waals surface area contributed by atoms with Crippen LogP contribution in [0.2, 0.25) is 5.02 Å². The van der Waals surface area contributed by atoms with Gasteiger partial charge < -0.3 is 10.1 Å². The summed E-state index contributed by atoms with van der Waals surface area (Å²) in [5, 5.41) is 3.18. The number of aryl methyl sites for hydroxylation is 2. The lowest BCUT2D eigenvalue weighted by atomic mass is 10.1. The first kappa shape index (κ1) is 17.0. The Balaban J connectivity index is 1.93. The summed E-state index contributed by atoms with van der Waals surface area (Å²) >= 11 is 5.84. The van der Waals surface area contributed by atoms with E-state index in [0.29, 0.717) is 16.3 Å². The Labute approximate surface area is 138 Å². The van der Waals surface area contributed by atoms with Crippen LogP contribution in [0.1, 0.15) is 21.5 Å². The molecule has 0 saturated carbocycles. The molecule has 120 valence electrons. The molecule has 1 amide bonds. The van der Waals surface area contributed by atoms with Crippen LogP contribution in [0, 0.1) is 19.7 Å². The quantitative estimate of drug-likeness (QED) is 0.862. The lowest BCUT2D eigenvalue weighted by Crippen LogP contribution is -2.21. The Kier molecular flexibility index (Phi) is 5.34. The molecule has 2 aromatic rings. The van der Waals surface area contributed by atoms with Crippen LogP contribution >= 0.6 is 11.6 Å². The average Bonchev–Trinajstić information content (AvgIpc) is 2.50. The Morgan fingerprint density at radius 1 is 1.13 bits per heavy atom. The fourth-order valence-electron chi connectivity index (χ4n) is 1.89. The highest BCUT2D eigenvalue weighted by atomic mass is 35.5. The van der Waals surface area contributed by atoms with E-state index in [9.17, 15) is 14.0 Å². The van der Waals surface area contributed by atoms with Gasteiger partial charge in [-0.2, -0.15) is 0 Å². The van der Waals surface area contributed by atoms with Crippen LogP contribution in [-0.2, 0) is 9.53 Å². The molecule has 0 radical (unpaired) electrons. The molecule has 0 spiro atoms. The predicted octanol–water partition coefficient (Wildman–Crippen LogP) is 3.89. The molecule has 0 fully saturated rings. The summed E-state index contributed by atoms with van der Waals surface area (Å²) in [6.45, 7) is 2.92. The van der Waals surface area contributed by atoms with E-state index >= 15 is 0 Å². The molecule has 0 atom stereocenters. The number of nitrogens with one attached hydrogen (secondary N) is 1. The third-order valence-electron chi connectivity index (χ3n) is 3.20. The first-order chi connectivity index (χ1) is 10.9. The standard InChI is InChI=1S/C17H15ClFNO3/c1-10-3-4-12(8-14(10)19)17(22)23-9-16(21)20-15-6-5-13(18)7-11(15)2/h3-8H,9H2,1-2H3,(H,20,21). The molecule has 1 N–H and O–H groups in total. The molecule has 0 unspecified atom stereocenters. The van der Waals surface area contributed by atoms with Gasteiger partial charge in [0.15, 0.2) is 6.61 Å². The molecule has 0 aliphatic heterocycles. The van der Waals surface area contributed by atoms with E-state index < -0.39 is 24.3 Å². The zero-order valence-corrected chi connectivity index (χ0v) is 13.4. The number of rotatable bonds is 4. The Bertz CT molecular complexity index is 761. The first-order valence-electron chi connectivity index (χ1n) is 6.86. The lowest BCUT2D eigenvalue weighted by molar-refractivity contribution is -0.119. The number of hydrogen-bond acceptors (Lipinski definition) is 3. The summed E-state index contributed by atoms with van der Waals surface area (Å²) < 4.78 is 18.3. The van der Waals surface area contributed by atoms with Crippen LogP contribution in [0.15, 0.2) is 36.4 Å². The molecule has 6 heteroatoms. The van der Waals surface area contributed by atoms with E-state index in [-0.39, 0.29) is 5.56 Å². The van der Waals surface area contributed by atoms with Crippen molar-refractivity contribution >= 4 is 29.2 Å². The number of carbonyl (C=O) groups is 2. The zero-order valence-electron chi connectivity index (χ0n) is 12.7. The molecule has 4 nitrogen and oxygen atoms in total. The third-order valence-corrected chi connectivity index (χ3v) is 3.44. The topological polar surface area (TPSA) is 55.4 Å². The molecule has 0 bridgehead atoms. The van der Waals surface area contributed by atoms with Gasteiger partial charge in [-0.1, -0.05) is 17.7 Å². The SMILES string of the molecule is Cc1ccc(C(=O)OCC(=O)Nc2ccc(Cl)cc2C)cc1F. The number of hydrogen-bond donors (Lipinski definition) is 1. The summed E-state index contributed by atoms with van der Waals surface area (Å²) in [6, 6.07) is 9.01. The van der Waals surface area contributed by atoms with Crippen molar-refractivity contribution in [3.8, 4) is 0 Å². The fraction of sp³-hybridized carbons (Fsp3) is 0.176. The second kappa shape index (κ2) is 7.24. The van der Waals surface area contributed by atoms with Crippen LogP contribution in [0.4, 0.5) is 10.1 Å². The molecule has 0 aliphatic carbocycles. The number of halogens is 2. The zero-order chi connectivity index (χ0) is 17.0. The van der Waals surface area contributed by atoms with Gasteiger partial charge in [-0.05, 0) is 55.3 Å². The summed E-state index contributed by atoms with van der Waals surface area (Å²) in [5.74, 6) is -1.75. The smallest absolute Gasteiger partial charge is 0.338 e. The van der Waals surface area contributed by atoms with Gasteiger partial charge in [-0.25, -0.2) is 9.18 Å². The molecule has 2 rings (SSSR count). The summed E-state index contributed by atoms with van der Waals surface area (Å²) in [6.07, 6.45) is 0. The highest BCUT2D eigenvalue weighted by Crippen LogP contribution is 2.19. The lowest BCUT2D eigenvalue weighted by Gasteiger charge is -2.09. The minimum atomic E-state index is -0.758. The fourth-order valence-corrected chi connectivity index (χ4v) is 2.11. The number of esters is 1. The van der Waals surface area contributed by atoms with Gasteiger partial charge in [0.1, 0.15) is 5.82 Å². The van der Waals surface area contributed by atoms with Crippen molar-refractivity contribution in [3.63, 3.8) is 0 Å². The number of benzene rings is 2. The minimum absolute atomic E-state index is 0.0589. The second-order valence-corrected chi connectivity index (χ2v) is 5.48. The Hall–Kier alpha value is -2.40. The van der Waals surface area contributed by atoms with Gasteiger partial charge in [0.05, 0.1) is 5.56 Å². The first-order valence-corrected chi connectivity index (χ1v) is 7.24. The molecule has 23 heavy (non-hydrogen) atoms. The van der Waals surface area contributed by atoms with Crippen LogP contribution in [0.3, 0.4) is 0 Å². The van der Waals surface area contributed by atoms with Crippen LogP contribution in [-0.4, -0.2) is 18.5 Å². The average molecular weight is 336 g/mol. The van der Waals surface area contributed by atoms with Crippen LogP contribution in [0.25, 0.3) is 0 Å². The Morgan fingerprint density at radius 3 is 2.52 bits per heavy atom. The van der Waals surface area contributed by atoms with Crippen molar-refractivity contribution < 1.29 is 18.7 Å². The summed E-state index contributed by atoms with van der Waals surface area (Å²) in [5.41, 5.74) is 1.86. The number of amides is 1. The maximum atomic E-state index is 13.4. The van der Waals surface area contributed by atoms with Crippen LogP contribution < -0.4 is 5.32 Å². The Morgan fingerprint density at radius 2 is 1.87 bits per heavy atom. The van der Waals surface area contributed by atoms with E-state index in [2.05, 4.69) is 5.32 Å². The number of carbonyl (C=O) groups excluding carboxylic acids is 2. The van der Waals surface area contributed by atoms with E-state index in [1.54, 1.807) is 32.0 Å². The van der Waals surface area contributed by atoms with E-state index in [4.69, 9.17) is 16.3 Å². The van der Waals surface area contributed by atoms with Crippen molar-refractivity contribution in [3.05, 3.63) is 63.9 Å². The molecular weight excluding hydrogens is 321 g/mol. The van der Waals surface area contributed by atoms with Gasteiger partial charge in [0, 0.05) is 10.7 Å². The van der Waals surface area contributed by atoms with Crippen LogP contribution in [0.5, 0.6) is 0 Å². The van der Waals surface area contributed by atoms with Crippen molar-refractivity contribution in [1.29, 1.82) is 0 Å². The van der Waals surface area contributed by atoms with E-state index in [0.717, 1.165) is 11.6 Å². The van der Waals surface area contributed by atoms with Gasteiger partial charge in [-0.15, -0.1) is 0 Å². The normalized spacial score (nSPS) is 10.3. The predicted molar refractivity (Wildman–Crippen MR) is 86.2 cm³/mol. The monoisotopic (exact) mass is 335 g/mol. The van der Waals surface area contributed by atoms with E-state index in [1.165, 1.54) is 12.1 Å². The molecule has 0 saturated heterocycles. The van der Waals surface area contributed by atoms with Crippen molar-refractivity contribution in [2.45, 2.75) is 13.8 Å². The maximum absolute atomic E-state index is 13.4. The van der Waals surface area contributed by atoms with Gasteiger partial charge in [-0.3, -0.25) is 4.79 Å². The second-order valence-electron chi connectivity index (χ2n) is 5.05. The van der Waals surface area contributed by atoms with Gasteiger partial charge in [0.2, 0.25) is 0 Å². The highest BCUT2D eigenvalue weighted by molar-refractivity contribution is 6.30. The molecular formula is C17H15ClFNO3.